The monoisotopic (exact) mass is 232 g/mol. The summed E-state index contributed by atoms with van der Waals surface area (Å²) >= 11 is 1.93. The SMILES string of the molecule is N#CCN1CCC(CSc2ccccc2)C1. The van der Waals surface area contributed by atoms with E-state index >= 15 is 0 Å². The van der Waals surface area contributed by atoms with Crippen molar-refractivity contribution in [1.82, 2.24) is 4.90 Å². The van der Waals surface area contributed by atoms with Crippen molar-refractivity contribution in [3.8, 4) is 6.07 Å². The maximum atomic E-state index is 8.62. The fourth-order valence-corrected chi connectivity index (χ4v) is 3.07. The molecule has 0 spiro atoms. The number of nitrogens with zero attached hydrogens (tertiary/aromatic N) is 2. The van der Waals surface area contributed by atoms with Crippen molar-refractivity contribution in [3.63, 3.8) is 0 Å². The molecule has 1 saturated heterocycles. The molecule has 0 amide bonds. The molecule has 16 heavy (non-hydrogen) atoms. The molecule has 0 bridgehead atoms. The van der Waals surface area contributed by atoms with Gasteiger partial charge in [0.05, 0.1) is 12.6 Å². The Morgan fingerprint density at radius 2 is 2.19 bits per heavy atom. The summed E-state index contributed by atoms with van der Waals surface area (Å²) in [5, 5.41) is 8.62. The molecule has 0 saturated carbocycles. The average molecular weight is 232 g/mol. The molecular weight excluding hydrogens is 216 g/mol. The van der Waals surface area contributed by atoms with Crippen LogP contribution in [0.2, 0.25) is 0 Å². The lowest BCUT2D eigenvalue weighted by Crippen LogP contribution is -2.21. The highest BCUT2D eigenvalue weighted by atomic mass is 32.2. The van der Waals surface area contributed by atoms with Crippen LogP contribution in [0.15, 0.2) is 35.2 Å². The zero-order valence-electron chi connectivity index (χ0n) is 9.30. The van der Waals surface area contributed by atoms with E-state index in [0.717, 1.165) is 19.0 Å². The minimum absolute atomic E-state index is 0.590. The lowest BCUT2D eigenvalue weighted by Gasteiger charge is -2.11. The van der Waals surface area contributed by atoms with Gasteiger partial charge in [-0.3, -0.25) is 4.90 Å². The molecule has 0 aromatic heterocycles. The Hall–Kier alpha value is -0.980. The van der Waals surface area contributed by atoms with E-state index in [-0.39, 0.29) is 0 Å². The second kappa shape index (κ2) is 5.93. The summed E-state index contributed by atoms with van der Waals surface area (Å²) in [6.07, 6.45) is 1.24. The molecule has 84 valence electrons. The van der Waals surface area contributed by atoms with Crippen LogP contribution in [0.4, 0.5) is 0 Å². The predicted octanol–water partition coefficient (Wildman–Crippen LogP) is 2.62. The van der Waals surface area contributed by atoms with Crippen molar-refractivity contribution in [3.05, 3.63) is 30.3 Å². The Kier molecular flexibility index (Phi) is 4.26. The molecule has 3 heteroatoms. The van der Waals surface area contributed by atoms with Crippen LogP contribution < -0.4 is 0 Å². The number of benzene rings is 1. The van der Waals surface area contributed by atoms with Crippen LogP contribution >= 0.6 is 11.8 Å². The fraction of sp³-hybridized carbons (Fsp3) is 0.462. The van der Waals surface area contributed by atoms with Crippen LogP contribution in [-0.4, -0.2) is 30.3 Å². The van der Waals surface area contributed by atoms with Crippen molar-refractivity contribution in [2.24, 2.45) is 5.92 Å². The lowest BCUT2D eigenvalue weighted by atomic mass is 10.2. The second-order valence-electron chi connectivity index (χ2n) is 4.17. The standard InChI is InChI=1S/C13H16N2S/c14-7-9-15-8-6-12(10-15)11-16-13-4-2-1-3-5-13/h1-5,12H,6,8-11H2. The predicted molar refractivity (Wildman–Crippen MR) is 67.3 cm³/mol. The van der Waals surface area contributed by atoms with Crippen molar-refractivity contribution in [1.29, 1.82) is 5.26 Å². The molecule has 1 heterocycles. The Bertz CT molecular complexity index is 358. The Morgan fingerprint density at radius 3 is 2.94 bits per heavy atom. The minimum atomic E-state index is 0.590. The van der Waals surface area contributed by atoms with Gasteiger partial charge in [-0.15, -0.1) is 11.8 Å². The van der Waals surface area contributed by atoms with Crippen LogP contribution in [0.5, 0.6) is 0 Å². The van der Waals surface area contributed by atoms with Gasteiger partial charge in [0.1, 0.15) is 0 Å². The van der Waals surface area contributed by atoms with Crippen LogP contribution in [-0.2, 0) is 0 Å². The number of thioether (sulfide) groups is 1. The molecule has 1 fully saturated rings. The van der Waals surface area contributed by atoms with Gasteiger partial charge in [0.25, 0.3) is 0 Å². The van der Waals surface area contributed by atoms with Gasteiger partial charge in [-0.25, -0.2) is 0 Å². The van der Waals surface area contributed by atoms with Crippen molar-refractivity contribution < 1.29 is 0 Å². The van der Waals surface area contributed by atoms with E-state index in [1.807, 2.05) is 17.8 Å². The highest BCUT2D eigenvalue weighted by Gasteiger charge is 2.21. The van der Waals surface area contributed by atoms with E-state index in [9.17, 15) is 0 Å². The van der Waals surface area contributed by atoms with E-state index in [1.54, 1.807) is 0 Å². The minimum Gasteiger partial charge on any atom is -0.290 e. The van der Waals surface area contributed by atoms with E-state index < -0.39 is 0 Å². The molecule has 0 aliphatic carbocycles. The Morgan fingerprint density at radius 1 is 1.38 bits per heavy atom. The van der Waals surface area contributed by atoms with Crippen molar-refractivity contribution in [2.45, 2.75) is 11.3 Å². The van der Waals surface area contributed by atoms with Gasteiger partial charge >= 0.3 is 0 Å². The molecule has 1 aliphatic rings. The number of hydrogen-bond acceptors (Lipinski definition) is 3. The van der Waals surface area contributed by atoms with E-state index in [4.69, 9.17) is 5.26 Å². The van der Waals surface area contributed by atoms with E-state index in [1.165, 1.54) is 17.1 Å². The third-order valence-electron chi connectivity index (χ3n) is 2.89. The first-order valence-corrected chi connectivity index (χ1v) is 6.64. The Balaban J connectivity index is 1.74. The molecule has 2 rings (SSSR count). The Labute approximate surface area is 101 Å². The molecule has 1 aromatic rings. The normalized spacial score (nSPS) is 20.8. The maximum absolute atomic E-state index is 8.62. The first kappa shape index (κ1) is 11.5. The summed E-state index contributed by atoms with van der Waals surface area (Å²) in [4.78, 5) is 3.59. The molecule has 1 aliphatic heterocycles. The molecule has 1 aromatic carbocycles. The second-order valence-corrected chi connectivity index (χ2v) is 5.27. The third kappa shape index (κ3) is 3.26. The van der Waals surface area contributed by atoms with Gasteiger partial charge in [0.2, 0.25) is 0 Å². The van der Waals surface area contributed by atoms with Crippen molar-refractivity contribution in [2.75, 3.05) is 25.4 Å². The van der Waals surface area contributed by atoms with Gasteiger partial charge in [-0.2, -0.15) is 5.26 Å². The number of hydrogen-bond donors (Lipinski definition) is 0. The smallest absolute Gasteiger partial charge is 0.0866 e. The van der Waals surface area contributed by atoms with E-state index in [0.29, 0.717) is 6.54 Å². The average Bonchev–Trinajstić information content (AvgIpc) is 2.76. The summed E-state index contributed by atoms with van der Waals surface area (Å²) in [6.45, 7) is 2.77. The maximum Gasteiger partial charge on any atom is 0.0866 e. The zero-order valence-corrected chi connectivity index (χ0v) is 10.1. The van der Waals surface area contributed by atoms with E-state index in [2.05, 4.69) is 35.2 Å². The fourth-order valence-electron chi connectivity index (χ4n) is 2.02. The summed E-state index contributed by atoms with van der Waals surface area (Å²) in [7, 11) is 0. The van der Waals surface area contributed by atoms with Gasteiger partial charge in [0, 0.05) is 17.2 Å². The number of likely N-dealkylation sites (tertiary alicyclic amines) is 1. The summed E-state index contributed by atoms with van der Waals surface area (Å²) in [6, 6.07) is 12.8. The zero-order chi connectivity index (χ0) is 11.2. The van der Waals surface area contributed by atoms with Crippen molar-refractivity contribution >= 4 is 11.8 Å². The third-order valence-corrected chi connectivity index (χ3v) is 4.14. The highest BCUT2D eigenvalue weighted by Crippen LogP contribution is 2.25. The number of nitriles is 1. The molecular formula is C13H16N2S. The first-order chi connectivity index (χ1) is 7.88. The molecule has 2 nitrogen and oxygen atoms in total. The molecule has 1 unspecified atom stereocenters. The van der Waals surface area contributed by atoms with Crippen LogP contribution in [0, 0.1) is 17.2 Å². The molecule has 0 radical (unpaired) electrons. The van der Waals surface area contributed by atoms with Crippen LogP contribution in [0.3, 0.4) is 0 Å². The molecule has 1 atom stereocenters. The van der Waals surface area contributed by atoms with Crippen LogP contribution in [0.1, 0.15) is 6.42 Å². The largest absolute Gasteiger partial charge is 0.290 e. The number of rotatable bonds is 4. The quantitative estimate of drug-likeness (QED) is 0.590. The highest BCUT2D eigenvalue weighted by molar-refractivity contribution is 7.99. The van der Waals surface area contributed by atoms with Crippen LogP contribution in [0.25, 0.3) is 0 Å². The van der Waals surface area contributed by atoms with Gasteiger partial charge in [0.15, 0.2) is 0 Å². The summed E-state index contributed by atoms with van der Waals surface area (Å²) in [5.74, 6) is 1.92. The summed E-state index contributed by atoms with van der Waals surface area (Å²) in [5.41, 5.74) is 0. The summed E-state index contributed by atoms with van der Waals surface area (Å²) < 4.78 is 0. The topological polar surface area (TPSA) is 27.0 Å². The van der Waals surface area contributed by atoms with Gasteiger partial charge in [-0.1, -0.05) is 18.2 Å². The first-order valence-electron chi connectivity index (χ1n) is 5.65. The van der Waals surface area contributed by atoms with Gasteiger partial charge in [-0.05, 0) is 31.0 Å². The van der Waals surface area contributed by atoms with Gasteiger partial charge < -0.3 is 0 Å². The lowest BCUT2D eigenvalue weighted by molar-refractivity contribution is 0.369. The molecule has 0 N–H and O–H groups in total.